The lowest BCUT2D eigenvalue weighted by Gasteiger charge is -2.35. The second kappa shape index (κ2) is 6.22. The molecule has 2 rings (SSSR count). The van der Waals surface area contributed by atoms with Crippen molar-refractivity contribution in [2.24, 2.45) is 5.92 Å². The van der Waals surface area contributed by atoms with Crippen LogP contribution in [-0.2, 0) is 9.59 Å². The number of rotatable bonds is 3. The molecule has 5 heteroatoms. The molecule has 1 saturated heterocycles. The molecule has 2 atom stereocenters. The molecule has 0 spiro atoms. The Morgan fingerprint density at radius 3 is 2.80 bits per heavy atom. The van der Waals surface area contributed by atoms with E-state index in [-0.39, 0.29) is 5.91 Å². The number of aryl methyl sites for hydroxylation is 1. The van der Waals surface area contributed by atoms with E-state index >= 15 is 0 Å². The van der Waals surface area contributed by atoms with Gasteiger partial charge in [-0.3, -0.25) is 4.79 Å². The number of likely N-dealkylation sites (tertiary alicyclic amines) is 1. The zero-order valence-corrected chi connectivity index (χ0v) is 12.5. The van der Waals surface area contributed by atoms with Crippen LogP contribution >= 0.6 is 11.3 Å². The predicted octanol–water partition coefficient (Wildman–Crippen LogP) is 2.78. The van der Waals surface area contributed by atoms with Crippen LogP contribution in [0.4, 0.5) is 0 Å². The monoisotopic (exact) mass is 293 g/mol. The quantitative estimate of drug-likeness (QED) is 0.872. The van der Waals surface area contributed by atoms with Gasteiger partial charge in [-0.1, -0.05) is 6.92 Å². The Kier molecular flexibility index (Phi) is 4.60. The van der Waals surface area contributed by atoms with Gasteiger partial charge in [-0.05, 0) is 43.9 Å². The number of amides is 1. The lowest BCUT2D eigenvalue weighted by atomic mass is 9.92. The third kappa shape index (κ3) is 3.48. The molecule has 4 nitrogen and oxygen atoms in total. The minimum Gasteiger partial charge on any atom is -0.480 e. The molecule has 0 radical (unpaired) electrons. The molecule has 2 unspecified atom stereocenters. The molecule has 1 amide bonds. The summed E-state index contributed by atoms with van der Waals surface area (Å²) < 4.78 is 0. The maximum absolute atomic E-state index is 12.2. The van der Waals surface area contributed by atoms with Gasteiger partial charge in [0.1, 0.15) is 6.04 Å². The van der Waals surface area contributed by atoms with Crippen molar-refractivity contribution in [1.82, 2.24) is 4.90 Å². The van der Waals surface area contributed by atoms with E-state index in [9.17, 15) is 14.7 Å². The first kappa shape index (κ1) is 14.8. The fraction of sp³-hybridized carbons (Fsp3) is 0.467. The van der Waals surface area contributed by atoms with E-state index in [1.165, 1.54) is 15.9 Å². The smallest absolute Gasteiger partial charge is 0.326 e. The van der Waals surface area contributed by atoms with Crippen LogP contribution in [0.1, 0.15) is 29.5 Å². The number of hydrogen-bond donors (Lipinski definition) is 1. The van der Waals surface area contributed by atoms with Gasteiger partial charge in [0.25, 0.3) is 0 Å². The van der Waals surface area contributed by atoms with Crippen molar-refractivity contribution in [2.75, 3.05) is 6.54 Å². The minimum absolute atomic E-state index is 0.213. The van der Waals surface area contributed by atoms with Crippen LogP contribution < -0.4 is 0 Å². The van der Waals surface area contributed by atoms with Crippen LogP contribution in [0.5, 0.6) is 0 Å². The van der Waals surface area contributed by atoms with Crippen LogP contribution in [0.25, 0.3) is 6.08 Å². The Balaban J connectivity index is 2.07. The van der Waals surface area contributed by atoms with Gasteiger partial charge in [-0.15, -0.1) is 11.3 Å². The lowest BCUT2D eigenvalue weighted by molar-refractivity contribution is -0.151. The average molecular weight is 293 g/mol. The maximum Gasteiger partial charge on any atom is 0.326 e. The fourth-order valence-corrected chi connectivity index (χ4v) is 3.21. The van der Waals surface area contributed by atoms with Crippen LogP contribution in [0, 0.1) is 12.8 Å². The van der Waals surface area contributed by atoms with Crippen molar-refractivity contribution in [2.45, 2.75) is 32.7 Å². The normalized spacial score (nSPS) is 23.2. The minimum atomic E-state index is -0.912. The molecular weight excluding hydrogens is 274 g/mol. The molecule has 20 heavy (non-hydrogen) atoms. The molecule has 1 aliphatic rings. The summed E-state index contributed by atoms with van der Waals surface area (Å²) >= 11 is 1.61. The molecule has 0 bridgehead atoms. The number of nitrogens with zero attached hydrogens (tertiary/aromatic N) is 1. The number of carbonyl (C=O) groups is 2. The molecule has 1 aromatic heterocycles. The highest BCUT2D eigenvalue weighted by molar-refractivity contribution is 7.12. The Morgan fingerprint density at radius 1 is 1.45 bits per heavy atom. The van der Waals surface area contributed by atoms with Gasteiger partial charge in [-0.2, -0.15) is 0 Å². The number of carbonyl (C=O) groups excluding carboxylic acids is 1. The molecule has 1 aliphatic heterocycles. The molecule has 108 valence electrons. The van der Waals surface area contributed by atoms with E-state index in [0.717, 1.165) is 11.3 Å². The molecule has 0 saturated carbocycles. The summed E-state index contributed by atoms with van der Waals surface area (Å²) in [6.45, 7) is 4.56. The number of carboxylic acid groups (broad SMARTS) is 1. The van der Waals surface area contributed by atoms with Crippen molar-refractivity contribution in [1.29, 1.82) is 0 Å². The third-order valence-electron chi connectivity index (χ3n) is 3.58. The summed E-state index contributed by atoms with van der Waals surface area (Å²) in [7, 11) is 0. The standard InChI is InChI=1S/C15H19NO3S/c1-10-7-8-16(13(9-10)15(18)19)14(17)6-5-12-4-3-11(2)20-12/h3-6,10,13H,7-9H2,1-2H3,(H,18,19)/b6-5+. The first-order chi connectivity index (χ1) is 9.47. The van der Waals surface area contributed by atoms with E-state index in [4.69, 9.17) is 0 Å². The highest BCUT2D eigenvalue weighted by Crippen LogP contribution is 2.23. The van der Waals surface area contributed by atoms with E-state index in [2.05, 4.69) is 0 Å². The zero-order chi connectivity index (χ0) is 14.7. The number of piperidine rings is 1. The lowest BCUT2D eigenvalue weighted by Crippen LogP contribution is -2.49. The van der Waals surface area contributed by atoms with E-state index in [1.807, 2.05) is 26.0 Å². The van der Waals surface area contributed by atoms with Gasteiger partial charge in [0.15, 0.2) is 0 Å². The Hall–Kier alpha value is -1.62. The van der Waals surface area contributed by atoms with E-state index in [0.29, 0.717) is 18.9 Å². The van der Waals surface area contributed by atoms with Gasteiger partial charge in [0.2, 0.25) is 5.91 Å². The Bertz CT molecular complexity index is 535. The maximum atomic E-state index is 12.2. The van der Waals surface area contributed by atoms with Gasteiger partial charge in [-0.25, -0.2) is 4.79 Å². The first-order valence-corrected chi connectivity index (χ1v) is 7.57. The molecule has 2 heterocycles. The van der Waals surface area contributed by atoms with Gasteiger partial charge in [0, 0.05) is 22.4 Å². The van der Waals surface area contributed by atoms with Crippen LogP contribution in [-0.4, -0.2) is 34.5 Å². The molecule has 1 fully saturated rings. The summed E-state index contributed by atoms with van der Waals surface area (Å²) in [4.78, 5) is 27.1. The van der Waals surface area contributed by atoms with Gasteiger partial charge in [0.05, 0.1) is 0 Å². The number of hydrogen-bond acceptors (Lipinski definition) is 3. The average Bonchev–Trinajstić information content (AvgIpc) is 2.81. The van der Waals surface area contributed by atoms with Crippen molar-refractivity contribution < 1.29 is 14.7 Å². The highest BCUT2D eigenvalue weighted by atomic mass is 32.1. The summed E-state index contributed by atoms with van der Waals surface area (Å²) in [5, 5.41) is 9.25. The summed E-state index contributed by atoms with van der Waals surface area (Å²) in [6, 6.07) is 3.26. The number of thiophene rings is 1. The van der Waals surface area contributed by atoms with E-state index < -0.39 is 12.0 Å². The molecule has 1 aromatic rings. The summed E-state index contributed by atoms with van der Waals surface area (Å²) in [5.41, 5.74) is 0. The van der Waals surface area contributed by atoms with Crippen LogP contribution in [0.2, 0.25) is 0 Å². The largest absolute Gasteiger partial charge is 0.480 e. The summed E-state index contributed by atoms with van der Waals surface area (Å²) in [6.07, 6.45) is 4.64. The van der Waals surface area contributed by atoms with Gasteiger partial charge >= 0.3 is 5.97 Å². The second-order valence-corrected chi connectivity index (χ2v) is 6.62. The fourth-order valence-electron chi connectivity index (χ4n) is 2.43. The second-order valence-electron chi connectivity index (χ2n) is 5.30. The number of carboxylic acids is 1. The molecule has 0 aromatic carbocycles. The molecule has 1 N–H and O–H groups in total. The summed E-state index contributed by atoms with van der Waals surface area (Å²) in [5.74, 6) is -0.773. The van der Waals surface area contributed by atoms with Crippen molar-refractivity contribution in [3.05, 3.63) is 28.0 Å². The highest BCUT2D eigenvalue weighted by Gasteiger charge is 2.33. The predicted molar refractivity (Wildman–Crippen MR) is 79.6 cm³/mol. The Labute approximate surface area is 122 Å². The molecule has 0 aliphatic carbocycles. The van der Waals surface area contributed by atoms with Crippen LogP contribution in [0.3, 0.4) is 0 Å². The van der Waals surface area contributed by atoms with Crippen LogP contribution in [0.15, 0.2) is 18.2 Å². The van der Waals surface area contributed by atoms with E-state index in [1.54, 1.807) is 17.4 Å². The van der Waals surface area contributed by atoms with Gasteiger partial charge < -0.3 is 10.0 Å². The van der Waals surface area contributed by atoms with Crippen molar-refractivity contribution >= 4 is 29.3 Å². The third-order valence-corrected chi connectivity index (χ3v) is 4.55. The topological polar surface area (TPSA) is 57.6 Å². The van der Waals surface area contributed by atoms with Crippen molar-refractivity contribution in [3.63, 3.8) is 0 Å². The zero-order valence-electron chi connectivity index (χ0n) is 11.7. The number of aliphatic carboxylic acids is 1. The Morgan fingerprint density at radius 2 is 2.20 bits per heavy atom. The first-order valence-electron chi connectivity index (χ1n) is 6.75. The van der Waals surface area contributed by atoms with Crippen molar-refractivity contribution in [3.8, 4) is 0 Å². The molecular formula is C15H19NO3S. The SMILES string of the molecule is Cc1ccc(/C=C/C(=O)N2CCC(C)CC2C(=O)O)s1.